The van der Waals surface area contributed by atoms with E-state index in [0.29, 0.717) is 0 Å². The molecule has 0 amide bonds. The maximum atomic E-state index is 6.63. The average molecular weight is 727 g/mol. The second-order valence-corrected chi connectivity index (χ2v) is 14.9. The second-order valence-electron chi connectivity index (χ2n) is 14.9. The maximum Gasteiger partial charge on any atom is 0.159 e. The van der Waals surface area contributed by atoms with Crippen LogP contribution in [0.2, 0.25) is 0 Å². The Hall–Kier alpha value is -7.62. The molecule has 3 heteroatoms. The van der Waals surface area contributed by atoms with E-state index in [4.69, 9.17) is 4.42 Å². The van der Waals surface area contributed by atoms with E-state index in [1.165, 1.54) is 66.0 Å². The maximum absolute atomic E-state index is 6.63. The lowest BCUT2D eigenvalue weighted by Crippen LogP contribution is -1.94. The monoisotopic (exact) mass is 726 g/mol. The summed E-state index contributed by atoms with van der Waals surface area (Å²) in [4.78, 5) is 0. The van der Waals surface area contributed by atoms with E-state index in [1.807, 2.05) is 6.07 Å². The highest BCUT2D eigenvalue weighted by Crippen LogP contribution is 2.43. The minimum atomic E-state index is 0.892. The van der Waals surface area contributed by atoms with E-state index < -0.39 is 0 Å². The van der Waals surface area contributed by atoms with Crippen molar-refractivity contribution in [3.63, 3.8) is 0 Å². The Balaban J connectivity index is 1.08. The Morgan fingerprint density at radius 2 is 0.895 bits per heavy atom. The number of para-hydroxylation sites is 3. The molecule has 0 saturated heterocycles. The van der Waals surface area contributed by atoms with Gasteiger partial charge >= 0.3 is 0 Å². The van der Waals surface area contributed by atoms with Crippen LogP contribution in [0.5, 0.6) is 0 Å². The van der Waals surface area contributed by atoms with E-state index in [2.05, 4.69) is 209 Å². The minimum absolute atomic E-state index is 0.892. The molecule has 0 bridgehead atoms. The van der Waals surface area contributed by atoms with Crippen molar-refractivity contribution in [3.8, 4) is 44.8 Å². The van der Waals surface area contributed by atoms with Crippen molar-refractivity contribution in [1.29, 1.82) is 0 Å². The van der Waals surface area contributed by atoms with Gasteiger partial charge in [-0.1, -0.05) is 146 Å². The van der Waals surface area contributed by atoms with Crippen molar-refractivity contribution < 1.29 is 4.42 Å². The normalized spacial score (nSPS) is 11.9. The van der Waals surface area contributed by atoms with Gasteiger partial charge in [0.25, 0.3) is 0 Å². The van der Waals surface area contributed by atoms with Gasteiger partial charge in [0.1, 0.15) is 5.58 Å². The second kappa shape index (κ2) is 12.5. The van der Waals surface area contributed by atoms with Crippen molar-refractivity contribution in [2.75, 3.05) is 0 Å². The van der Waals surface area contributed by atoms with Gasteiger partial charge in [0.15, 0.2) is 5.58 Å². The van der Waals surface area contributed by atoms with E-state index in [-0.39, 0.29) is 0 Å². The van der Waals surface area contributed by atoms with Crippen molar-refractivity contribution in [2.24, 2.45) is 0 Å². The van der Waals surface area contributed by atoms with Gasteiger partial charge in [0.2, 0.25) is 0 Å². The molecule has 0 saturated carbocycles. The molecule has 3 heterocycles. The van der Waals surface area contributed by atoms with E-state index in [0.717, 1.165) is 44.3 Å². The topological polar surface area (TPSA) is 23.0 Å². The molecule has 0 aliphatic heterocycles. The lowest BCUT2D eigenvalue weighted by atomic mass is 9.97. The zero-order valence-electron chi connectivity index (χ0n) is 30.9. The number of hydrogen-bond donors (Lipinski definition) is 0. The SMILES string of the molecule is c1ccc(-c2cccc(-n3c4ccccc4c4cc(-c5ccc6c(c5)c5c(-c7ccccc7)cccc5n6-c5cccc6c5oc5ccccc56)ccc43)c2)cc1. The fraction of sp³-hybridized carbons (Fsp3) is 0. The zero-order chi connectivity index (χ0) is 37.5. The van der Waals surface area contributed by atoms with Crippen LogP contribution in [-0.2, 0) is 0 Å². The summed E-state index contributed by atoms with van der Waals surface area (Å²) in [5.74, 6) is 0. The van der Waals surface area contributed by atoms with Crippen LogP contribution in [-0.4, -0.2) is 9.13 Å². The molecule has 3 nitrogen and oxygen atoms in total. The number of nitrogens with zero attached hydrogens (tertiary/aromatic N) is 2. The smallest absolute Gasteiger partial charge is 0.159 e. The molecule has 0 spiro atoms. The number of hydrogen-bond acceptors (Lipinski definition) is 1. The van der Waals surface area contributed by atoms with E-state index in [9.17, 15) is 0 Å². The summed E-state index contributed by atoms with van der Waals surface area (Å²) in [5, 5.41) is 7.15. The summed E-state index contributed by atoms with van der Waals surface area (Å²) >= 11 is 0. The highest BCUT2D eigenvalue weighted by atomic mass is 16.3. The highest BCUT2D eigenvalue weighted by Gasteiger charge is 2.21. The van der Waals surface area contributed by atoms with Crippen LogP contribution in [0.3, 0.4) is 0 Å². The summed E-state index contributed by atoms with van der Waals surface area (Å²) in [6.45, 7) is 0. The number of furan rings is 1. The van der Waals surface area contributed by atoms with E-state index >= 15 is 0 Å². The Bertz CT molecular complexity index is 3510. The van der Waals surface area contributed by atoms with Gasteiger partial charge in [-0.2, -0.15) is 0 Å². The molecule has 0 fully saturated rings. The summed E-state index contributed by atoms with van der Waals surface area (Å²) in [6, 6.07) is 74.4. The third-order valence-corrected chi connectivity index (χ3v) is 11.7. The van der Waals surface area contributed by atoms with Gasteiger partial charge in [-0.25, -0.2) is 0 Å². The summed E-state index contributed by atoms with van der Waals surface area (Å²) in [7, 11) is 0. The van der Waals surface area contributed by atoms with Gasteiger partial charge in [-0.05, 0) is 94.0 Å². The molecule has 0 aliphatic carbocycles. The van der Waals surface area contributed by atoms with Crippen LogP contribution >= 0.6 is 0 Å². The molecule has 57 heavy (non-hydrogen) atoms. The van der Waals surface area contributed by atoms with Crippen LogP contribution in [0.4, 0.5) is 0 Å². The molecule has 0 N–H and O–H groups in total. The summed E-state index contributed by atoms with van der Waals surface area (Å²) in [6.07, 6.45) is 0. The van der Waals surface area contributed by atoms with Crippen molar-refractivity contribution in [3.05, 3.63) is 206 Å². The standard InChI is InChI=1S/C54H34N2O/c1-3-14-35(15-4-1)37-18-11-19-40(32-37)55-47-24-9-7-20-42(47)45-33-38(28-30-48(45)55)39-29-31-49-46(34-39)53-41(36-16-5-2-6-17-36)22-12-25-50(53)56(49)51-26-13-23-44-43-21-8-10-27-52(43)57-54(44)51/h1-34H. The van der Waals surface area contributed by atoms with Crippen molar-refractivity contribution >= 4 is 65.6 Å². The predicted molar refractivity (Wildman–Crippen MR) is 239 cm³/mol. The number of fused-ring (bicyclic) bond motifs is 9. The Labute approximate surface area is 328 Å². The van der Waals surface area contributed by atoms with Crippen LogP contribution in [0.1, 0.15) is 0 Å². The molecule has 0 atom stereocenters. The highest BCUT2D eigenvalue weighted by molar-refractivity contribution is 6.18. The van der Waals surface area contributed by atoms with Gasteiger partial charge < -0.3 is 13.6 Å². The lowest BCUT2D eigenvalue weighted by Gasteiger charge is -2.11. The van der Waals surface area contributed by atoms with Crippen LogP contribution in [0.25, 0.3) is 110 Å². The Morgan fingerprint density at radius 1 is 0.316 bits per heavy atom. The first kappa shape index (κ1) is 31.7. The molecule has 12 aromatic rings. The van der Waals surface area contributed by atoms with Gasteiger partial charge in [0.05, 0.1) is 27.8 Å². The largest absolute Gasteiger partial charge is 0.454 e. The van der Waals surface area contributed by atoms with Crippen molar-refractivity contribution in [1.82, 2.24) is 9.13 Å². The number of benzene rings is 9. The van der Waals surface area contributed by atoms with Gasteiger partial charge in [0, 0.05) is 38.0 Å². The number of rotatable bonds is 5. The Kier molecular flexibility index (Phi) is 6.93. The lowest BCUT2D eigenvalue weighted by molar-refractivity contribution is 0.666. The molecule has 3 aromatic heterocycles. The first-order valence-electron chi connectivity index (χ1n) is 19.5. The summed E-state index contributed by atoms with van der Waals surface area (Å²) < 4.78 is 11.4. The first-order chi connectivity index (χ1) is 28.3. The molecule has 266 valence electrons. The fourth-order valence-corrected chi connectivity index (χ4v) is 9.16. The quantitative estimate of drug-likeness (QED) is 0.173. The first-order valence-corrected chi connectivity index (χ1v) is 19.5. The minimum Gasteiger partial charge on any atom is -0.454 e. The Morgan fingerprint density at radius 3 is 1.72 bits per heavy atom. The van der Waals surface area contributed by atoms with Crippen LogP contribution in [0.15, 0.2) is 211 Å². The summed E-state index contributed by atoms with van der Waals surface area (Å²) in [5.41, 5.74) is 15.8. The third-order valence-electron chi connectivity index (χ3n) is 11.7. The van der Waals surface area contributed by atoms with Gasteiger partial charge in [-0.15, -0.1) is 0 Å². The van der Waals surface area contributed by atoms with Crippen molar-refractivity contribution in [2.45, 2.75) is 0 Å². The number of aromatic nitrogens is 2. The molecule has 12 rings (SSSR count). The molecular weight excluding hydrogens is 693 g/mol. The third kappa shape index (κ3) is 4.86. The molecule has 0 aliphatic rings. The molecule has 0 unspecified atom stereocenters. The predicted octanol–water partition coefficient (Wildman–Crippen LogP) is 14.8. The molecule has 9 aromatic carbocycles. The average Bonchev–Trinajstić information content (AvgIpc) is 3.94. The molecule has 0 radical (unpaired) electrons. The van der Waals surface area contributed by atoms with E-state index in [1.54, 1.807) is 0 Å². The molecular formula is C54H34N2O. The van der Waals surface area contributed by atoms with Crippen LogP contribution in [0, 0.1) is 0 Å². The fourth-order valence-electron chi connectivity index (χ4n) is 9.16. The van der Waals surface area contributed by atoms with Gasteiger partial charge in [-0.3, -0.25) is 0 Å². The van der Waals surface area contributed by atoms with Crippen LogP contribution < -0.4 is 0 Å². The zero-order valence-corrected chi connectivity index (χ0v) is 30.9.